The van der Waals surface area contributed by atoms with E-state index in [-0.39, 0.29) is 17.9 Å². The SMILES string of the molecule is O=C1c2ccccc2C(=O)N1[C@@H]1CCC2(OCCO2)c2ccccc21. The molecule has 1 aliphatic carbocycles. The van der Waals surface area contributed by atoms with Gasteiger partial charge in [0.15, 0.2) is 5.79 Å². The molecule has 0 N–H and O–H groups in total. The number of amides is 2. The second-order valence-electron chi connectivity index (χ2n) is 6.62. The van der Waals surface area contributed by atoms with Crippen LogP contribution in [0.15, 0.2) is 48.5 Å². The largest absolute Gasteiger partial charge is 0.343 e. The van der Waals surface area contributed by atoms with Crippen LogP contribution in [0.25, 0.3) is 0 Å². The fourth-order valence-electron chi connectivity index (χ4n) is 4.27. The van der Waals surface area contributed by atoms with Gasteiger partial charge in [-0.2, -0.15) is 0 Å². The van der Waals surface area contributed by atoms with E-state index in [0.29, 0.717) is 37.2 Å². The highest BCUT2D eigenvalue weighted by Gasteiger charge is 2.49. The van der Waals surface area contributed by atoms with E-state index in [0.717, 1.165) is 11.1 Å². The number of imide groups is 1. The second kappa shape index (κ2) is 5.25. The van der Waals surface area contributed by atoms with Gasteiger partial charge in [-0.05, 0) is 24.1 Å². The van der Waals surface area contributed by atoms with Gasteiger partial charge < -0.3 is 9.47 Å². The van der Waals surface area contributed by atoms with Gasteiger partial charge in [-0.1, -0.05) is 36.4 Å². The Bertz CT molecular complexity index is 850. The molecule has 2 heterocycles. The van der Waals surface area contributed by atoms with Crippen molar-refractivity contribution in [3.63, 3.8) is 0 Å². The molecule has 2 aliphatic heterocycles. The molecule has 2 amide bonds. The fraction of sp³-hybridized carbons (Fsp3) is 0.300. The van der Waals surface area contributed by atoms with Crippen LogP contribution in [0.4, 0.5) is 0 Å². The van der Waals surface area contributed by atoms with Crippen LogP contribution in [0.1, 0.15) is 50.7 Å². The third-order valence-corrected chi connectivity index (χ3v) is 5.37. The van der Waals surface area contributed by atoms with Crippen LogP contribution in [0.3, 0.4) is 0 Å². The number of hydrogen-bond donors (Lipinski definition) is 0. The van der Waals surface area contributed by atoms with Crippen LogP contribution in [-0.4, -0.2) is 29.9 Å². The topological polar surface area (TPSA) is 55.8 Å². The van der Waals surface area contributed by atoms with E-state index >= 15 is 0 Å². The number of hydrogen-bond acceptors (Lipinski definition) is 4. The van der Waals surface area contributed by atoms with Gasteiger partial charge in [0.1, 0.15) is 0 Å². The van der Waals surface area contributed by atoms with Crippen molar-refractivity contribution in [2.75, 3.05) is 13.2 Å². The minimum absolute atomic E-state index is 0.218. The molecule has 5 nitrogen and oxygen atoms in total. The summed E-state index contributed by atoms with van der Waals surface area (Å²) < 4.78 is 11.8. The Hall–Kier alpha value is -2.50. The van der Waals surface area contributed by atoms with Crippen LogP contribution in [0, 0.1) is 0 Å². The molecule has 0 saturated carbocycles. The van der Waals surface area contributed by atoms with Crippen molar-refractivity contribution >= 4 is 11.8 Å². The molecular weight excluding hydrogens is 318 g/mol. The van der Waals surface area contributed by atoms with Crippen molar-refractivity contribution in [3.8, 4) is 0 Å². The second-order valence-corrected chi connectivity index (χ2v) is 6.62. The van der Waals surface area contributed by atoms with Crippen LogP contribution < -0.4 is 0 Å². The van der Waals surface area contributed by atoms with Crippen LogP contribution in [-0.2, 0) is 15.3 Å². The summed E-state index contributed by atoms with van der Waals surface area (Å²) >= 11 is 0. The zero-order valence-electron chi connectivity index (χ0n) is 13.6. The van der Waals surface area contributed by atoms with Gasteiger partial charge in [0, 0.05) is 12.0 Å². The summed E-state index contributed by atoms with van der Waals surface area (Å²) in [5.74, 6) is -1.17. The Kier molecular flexibility index (Phi) is 3.11. The van der Waals surface area contributed by atoms with E-state index in [1.165, 1.54) is 4.90 Å². The Balaban J connectivity index is 1.60. The van der Waals surface area contributed by atoms with Gasteiger partial charge in [0.2, 0.25) is 0 Å². The molecule has 2 aromatic rings. The van der Waals surface area contributed by atoms with Crippen molar-refractivity contribution < 1.29 is 19.1 Å². The Labute approximate surface area is 145 Å². The number of ether oxygens (including phenoxy) is 2. The van der Waals surface area contributed by atoms with Crippen molar-refractivity contribution in [1.29, 1.82) is 0 Å². The highest BCUT2D eigenvalue weighted by atomic mass is 16.7. The molecule has 1 atom stereocenters. The van der Waals surface area contributed by atoms with Crippen molar-refractivity contribution in [1.82, 2.24) is 4.90 Å². The number of nitrogens with zero attached hydrogens (tertiary/aromatic N) is 1. The third kappa shape index (κ3) is 1.97. The average molecular weight is 335 g/mol. The summed E-state index contributed by atoms with van der Waals surface area (Å²) in [4.78, 5) is 27.2. The first-order valence-corrected chi connectivity index (χ1v) is 8.55. The zero-order chi connectivity index (χ0) is 17.0. The van der Waals surface area contributed by atoms with E-state index < -0.39 is 5.79 Å². The molecule has 25 heavy (non-hydrogen) atoms. The molecule has 0 aromatic heterocycles. The minimum atomic E-state index is -0.730. The molecule has 0 unspecified atom stereocenters. The first-order chi connectivity index (χ1) is 12.2. The summed E-state index contributed by atoms with van der Waals surface area (Å²) in [6.45, 7) is 1.12. The molecule has 5 rings (SSSR count). The highest BCUT2D eigenvalue weighted by molar-refractivity contribution is 6.21. The van der Waals surface area contributed by atoms with Crippen molar-refractivity contribution in [3.05, 3.63) is 70.8 Å². The lowest BCUT2D eigenvalue weighted by molar-refractivity contribution is -0.179. The highest BCUT2D eigenvalue weighted by Crippen LogP contribution is 2.48. The number of benzene rings is 2. The molecule has 1 fully saturated rings. The summed E-state index contributed by atoms with van der Waals surface area (Å²) in [6.07, 6.45) is 1.25. The smallest absolute Gasteiger partial charge is 0.262 e. The maximum Gasteiger partial charge on any atom is 0.262 e. The van der Waals surface area contributed by atoms with Gasteiger partial charge in [0.05, 0.1) is 30.4 Å². The quantitative estimate of drug-likeness (QED) is 0.752. The first kappa shape index (κ1) is 14.8. The summed E-state index contributed by atoms with van der Waals surface area (Å²) in [7, 11) is 0. The number of rotatable bonds is 1. The standard InChI is InChI=1S/C20H17NO4/c22-18-13-5-1-2-6-14(13)19(23)21(18)17-9-10-20(24-11-12-25-20)16-8-4-3-7-15(16)17/h1-8,17H,9-12H2/t17-/m1/s1. The molecule has 0 radical (unpaired) electrons. The van der Waals surface area contributed by atoms with Gasteiger partial charge in [-0.15, -0.1) is 0 Å². The van der Waals surface area contributed by atoms with Crippen molar-refractivity contribution in [2.24, 2.45) is 0 Å². The summed E-state index contributed by atoms with van der Waals surface area (Å²) in [5.41, 5.74) is 2.84. The predicted octanol–water partition coefficient (Wildman–Crippen LogP) is 3.02. The fourth-order valence-corrected chi connectivity index (χ4v) is 4.27. The lowest BCUT2D eigenvalue weighted by Gasteiger charge is -2.40. The first-order valence-electron chi connectivity index (χ1n) is 8.55. The van der Waals surface area contributed by atoms with Crippen LogP contribution >= 0.6 is 0 Å². The Morgan fingerprint density at radius 2 is 1.48 bits per heavy atom. The average Bonchev–Trinajstić information content (AvgIpc) is 3.22. The van der Waals surface area contributed by atoms with Gasteiger partial charge >= 0.3 is 0 Å². The number of fused-ring (bicyclic) bond motifs is 3. The molecule has 126 valence electrons. The summed E-state index contributed by atoms with van der Waals surface area (Å²) in [6, 6.07) is 14.5. The molecule has 1 spiro atoms. The van der Waals surface area contributed by atoms with Gasteiger partial charge in [0.25, 0.3) is 11.8 Å². The third-order valence-electron chi connectivity index (χ3n) is 5.37. The maximum atomic E-state index is 12.9. The number of carbonyl (C=O) groups excluding carboxylic acids is 2. The molecule has 5 heteroatoms. The van der Waals surface area contributed by atoms with E-state index in [4.69, 9.17) is 9.47 Å². The lowest BCUT2D eigenvalue weighted by atomic mass is 9.82. The van der Waals surface area contributed by atoms with Crippen LogP contribution in [0.5, 0.6) is 0 Å². The van der Waals surface area contributed by atoms with E-state index in [1.807, 2.05) is 24.3 Å². The molecule has 1 saturated heterocycles. The maximum absolute atomic E-state index is 12.9. The van der Waals surface area contributed by atoms with Gasteiger partial charge in [-0.3, -0.25) is 14.5 Å². The van der Waals surface area contributed by atoms with Crippen LogP contribution in [0.2, 0.25) is 0 Å². The summed E-state index contributed by atoms with van der Waals surface area (Å²) in [5, 5.41) is 0. The Morgan fingerprint density at radius 1 is 0.880 bits per heavy atom. The van der Waals surface area contributed by atoms with Gasteiger partial charge in [-0.25, -0.2) is 0 Å². The molecule has 2 aromatic carbocycles. The zero-order valence-corrected chi connectivity index (χ0v) is 13.6. The lowest BCUT2D eigenvalue weighted by Crippen LogP contribution is -2.41. The molecule has 3 aliphatic rings. The van der Waals surface area contributed by atoms with E-state index in [9.17, 15) is 9.59 Å². The van der Waals surface area contributed by atoms with E-state index in [2.05, 4.69) is 0 Å². The molecule has 0 bridgehead atoms. The monoisotopic (exact) mass is 335 g/mol. The molecular formula is C20H17NO4. The Morgan fingerprint density at radius 3 is 2.16 bits per heavy atom. The van der Waals surface area contributed by atoms with E-state index in [1.54, 1.807) is 24.3 Å². The normalized spacial score (nSPS) is 23.8. The van der Waals surface area contributed by atoms with Crippen molar-refractivity contribution in [2.45, 2.75) is 24.7 Å². The number of carbonyl (C=O) groups is 2. The predicted molar refractivity (Wildman–Crippen MR) is 88.9 cm³/mol. The minimum Gasteiger partial charge on any atom is -0.343 e.